The molecule has 0 bridgehead atoms. The molecule has 0 fully saturated rings. The van der Waals surface area contributed by atoms with Gasteiger partial charge in [0.05, 0.1) is 0 Å². The molecule has 0 spiro atoms. The second-order valence-electron chi connectivity index (χ2n) is 1.80. The van der Waals surface area contributed by atoms with Crippen LogP contribution >= 0.6 is 15.9 Å². The van der Waals surface area contributed by atoms with Gasteiger partial charge in [-0.3, -0.25) is 0 Å². The predicted molar refractivity (Wildman–Crippen MR) is 39.5 cm³/mol. The minimum atomic E-state index is 1.15. The van der Waals surface area contributed by atoms with Gasteiger partial charge >= 0.3 is 75.4 Å². The molecule has 8 heavy (non-hydrogen) atoms. The fourth-order valence-corrected chi connectivity index (χ4v) is 1.13. The third kappa shape index (κ3) is 1.90. The van der Waals surface area contributed by atoms with Gasteiger partial charge in [0.1, 0.15) is 0 Å². The summed E-state index contributed by atoms with van der Waals surface area (Å²) in [6.07, 6.45) is 0. The molecule has 0 aliphatic rings. The number of halogens is 1. The fraction of sp³-hybridized carbons (Fsp3) is 0. The van der Waals surface area contributed by atoms with Gasteiger partial charge in [-0.05, 0) is 0 Å². The summed E-state index contributed by atoms with van der Waals surface area (Å²) in [7, 11) is 0. The standard InChI is InChI=1S/C6H4Br.Na/c7-6-4-2-1-3-5-6;/h2-5H;. The van der Waals surface area contributed by atoms with Gasteiger partial charge in [-0.1, -0.05) is 0 Å². The van der Waals surface area contributed by atoms with E-state index in [0.717, 1.165) is 32.4 Å². The SMILES string of the molecule is [Na][c]1ccc(Br)cc1. The molecule has 36 valence electrons. The summed E-state index contributed by atoms with van der Waals surface area (Å²) < 4.78 is 2.60. The quantitative estimate of drug-likeness (QED) is 0.525. The molecular weight excluding hydrogens is 175 g/mol. The van der Waals surface area contributed by atoms with Gasteiger partial charge in [-0.25, -0.2) is 0 Å². The third-order valence-electron chi connectivity index (χ3n) is 1.01. The zero-order valence-corrected chi connectivity index (χ0v) is 8.27. The molecule has 0 aromatic heterocycles. The molecule has 0 heterocycles. The van der Waals surface area contributed by atoms with Crippen molar-refractivity contribution in [3.05, 3.63) is 28.7 Å². The first kappa shape index (κ1) is 6.81. The Balaban J connectivity index is 3.03. The maximum atomic E-state index is 3.36. The van der Waals surface area contributed by atoms with Crippen LogP contribution in [0, 0.1) is 0 Å². The van der Waals surface area contributed by atoms with E-state index in [1.165, 1.54) is 2.81 Å². The molecule has 0 unspecified atom stereocenters. The Morgan fingerprint density at radius 1 is 1.12 bits per heavy atom. The fourth-order valence-electron chi connectivity index (χ4n) is 0.533. The van der Waals surface area contributed by atoms with Gasteiger partial charge in [-0.15, -0.1) is 0 Å². The molecule has 0 saturated heterocycles. The molecule has 0 radical (unpaired) electrons. The van der Waals surface area contributed by atoms with Crippen LogP contribution < -0.4 is 2.81 Å². The number of rotatable bonds is 0. The minimum absolute atomic E-state index is 1.15. The van der Waals surface area contributed by atoms with E-state index in [0.29, 0.717) is 0 Å². The molecule has 0 aliphatic carbocycles. The van der Waals surface area contributed by atoms with Gasteiger partial charge in [0, 0.05) is 0 Å². The average molecular weight is 179 g/mol. The topological polar surface area (TPSA) is 0 Å². The summed E-state index contributed by atoms with van der Waals surface area (Å²) >= 11 is 4.51. The van der Waals surface area contributed by atoms with Crippen molar-refractivity contribution in [1.82, 2.24) is 0 Å². The monoisotopic (exact) mass is 178 g/mol. The Kier molecular flexibility index (Phi) is 2.57. The number of hydrogen-bond donors (Lipinski definition) is 0. The van der Waals surface area contributed by atoms with E-state index >= 15 is 0 Å². The van der Waals surface area contributed by atoms with Crippen LogP contribution in [0.4, 0.5) is 0 Å². The Hall–Kier alpha value is 0.700. The van der Waals surface area contributed by atoms with E-state index in [1.54, 1.807) is 0 Å². The van der Waals surface area contributed by atoms with Crippen molar-refractivity contribution < 1.29 is 0 Å². The first-order chi connectivity index (χ1) is 3.79. The molecule has 1 rings (SSSR count). The van der Waals surface area contributed by atoms with Crippen molar-refractivity contribution in [1.29, 1.82) is 0 Å². The van der Waals surface area contributed by atoms with Crippen molar-refractivity contribution >= 4 is 46.7 Å². The van der Waals surface area contributed by atoms with Gasteiger partial charge in [0.25, 0.3) is 0 Å². The van der Waals surface area contributed by atoms with Crippen molar-refractivity contribution in [2.75, 3.05) is 0 Å². The number of benzene rings is 1. The van der Waals surface area contributed by atoms with Crippen LogP contribution in [0.25, 0.3) is 0 Å². The molecule has 1 aromatic rings. The summed E-state index contributed by atoms with van der Waals surface area (Å²) in [5, 5.41) is 0. The number of hydrogen-bond acceptors (Lipinski definition) is 0. The van der Waals surface area contributed by atoms with Gasteiger partial charge in [0.2, 0.25) is 0 Å². The average Bonchev–Trinajstić information content (AvgIpc) is 1.77. The van der Waals surface area contributed by atoms with E-state index in [-0.39, 0.29) is 0 Å². The molecule has 0 aliphatic heterocycles. The van der Waals surface area contributed by atoms with Crippen LogP contribution in [0.2, 0.25) is 0 Å². The molecule has 0 amide bonds. The summed E-state index contributed by atoms with van der Waals surface area (Å²) in [6, 6.07) is 8.41. The summed E-state index contributed by atoms with van der Waals surface area (Å²) in [6.45, 7) is 0. The van der Waals surface area contributed by atoms with Crippen LogP contribution in [0.15, 0.2) is 28.7 Å². The molecule has 1 aromatic carbocycles. The van der Waals surface area contributed by atoms with E-state index < -0.39 is 0 Å². The van der Waals surface area contributed by atoms with Crippen molar-refractivity contribution in [2.24, 2.45) is 0 Å². The van der Waals surface area contributed by atoms with Crippen LogP contribution in [-0.2, 0) is 0 Å². The Bertz CT molecular complexity index is 147. The zero-order chi connectivity index (χ0) is 5.98. The van der Waals surface area contributed by atoms with Crippen molar-refractivity contribution in [2.45, 2.75) is 0 Å². The van der Waals surface area contributed by atoms with Gasteiger partial charge in [0.15, 0.2) is 0 Å². The summed E-state index contributed by atoms with van der Waals surface area (Å²) in [5.74, 6) is 0. The van der Waals surface area contributed by atoms with Gasteiger partial charge < -0.3 is 0 Å². The molecule has 0 N–H and O–H groups in total. The van der Waals surface area contributed by atoms with Crippen molar-refractivity contribution in [3.8, 4) is 0 Å². The third-order valence-corrected chi connectivity index (χ3v) is 2.21. The summed E-state index contributed by atoms with van der Waals surface area (Å²) in [4.78, 5) is 0. The normalized spacial score (nSPS) is 9.38. The first-order valence-electron chi connectivity index (χ1n) is 2.51. The van der Waals surface area contributed by atoms with Crippen LogP contribution in [0.1, 0.15) is 0 Å². The Morgan fingerprint density at radius 2 is 1.62 bits per heavy atom. The second kappa shape index (κ2) is 3.02. The van der Waals surface area contributed by atoms with Crippen LogP contribution in [0.5, 0.6) is 0 Å². The van der Waals surface area contributed by atoms with E-state index in [9.17, 15) is 0 Å². The molecule has 2 heteroatoms. The van der Waals surface area contributed by atoms with E-state index in [1.807, 2.05) is 0 Å². The van der Waals surface area contributed by atoms with Crippen LogP contribution in [0.3, 0.4) is 0 Å². The predicted octanol–water partition coefficient (Wildman–Crippen LogP) is 1.24. The van der Waals surface area contributed by atoms with Crippen LogP contribution in [-0.4, -0.2) is 27.9 Å². The molecule has 0 nitrogen and oxygen atoms in total. The first-order valence-corrected chi connectivity index (χ1v) is 4.30. The van der Waals surface area contributed by atoms with Crippen molar-refractivity contribution in [3.63, 3.8) is 0 Å². The molecule has 0 atom stereocenters. The molecular formula is C6H4BrNa. The van der Waals surface area contributed by atoms with Gasteiger partial charge in [-0.2, -0.15) is 0 Å². The Morgan fingerprint density at radius 3 is 2.00 bits per heavy atom. The zero-order valence-electron chi connectivity index (χ0n) is 4.69. The molecule has 0 saturated carbocycles. The maximum absolute atomic E-state index is 3.36. The summed E-state index contributed by atoms with van der Waals surface area (Å²) in [5.41, 5.74) is 0. The second-order valence-corrected chi connectivity index (χ2v) is 3.87. The van der Waals surface area contributed by atoms with E-state index in [2.05, 4.69) is 40.2 Å². The Labute approximate surface area is 74.8 Å². The van der Waals surface area contributed by atoms with E-state index in [4.69, 9.17) is 0 Å².